The third-order valence-corrected chi connectivity index (χ3v) is 3.06. The first-order valence-electron chi connectivity index (χ1n) is 6.31. The normalized spacial score (nSPS) is 10.5. The lowest BCUT2D eigenvalue weighted by Crippen LogP contribution is -2.21. The van der Waals surface area contributed by atoms with Gasteiger partial charge in [0, 0.05) is 10.9 Å². The molecule has 3 aromatic rings. The summed E-state index contributed by atoms with van der Waals surface area (Å²) in [5, 5.41) is 7.42. The quantitative estimate of drug-likeness (QED) is 0.754. The third kappa shape index (κ3) is 2.34. The van der Waals surface area contributed by atoms with E-state index in [9.17, 15) is 9.59 Å². The van der Waals surface area contributed by atoms with Gasteiger partial charge in [0.25, 0.3) is 5.91 Å². The Hall–Kier alpha value is -3.15. The third-order valence-electron chi connectivity index (χ3n) is 3.06. The first-order valence-corrected chi connectivity index (χ1v) is 6.31. The zero-order chi connectivity index (χ0) is 14.8. The minimum absolute atomic E-state index is 0.296. The second-order valence-electron chi connectivity index (χ2n) is 4.44. The Morgan fingerprint density at radius 3 is 2.38 bits per heavy atom. The molecular formula is C15H12N4O2. The fourth-order valence-electron chi connectivity index (χ4n) is 2.10. The summed E-state index contributed by atoms with van der Waals surface area (Å²) in [4.78, 5) is 23.6. The Balaban J connectivity index is 2.02. The van der Waals surface area contributed by atoms with Gasteiger partial charge in [0.15, 0.2) is 5.82 Å². The number of carbonyl (C=O) groups excluding carboxylic acids is 2. The Morgan fingerprint density at radius 2 is 1.67 bits per heavy atom. The predicted octanol–water partition coefficient (Wildman–Crippen LogP) is 2.22. The Morgan fingerprint density at radius 1 is 1.00 bits per heavy atom. The standard InChI is InChI=1S/C15H12N4O2/c16-15(21)19-12-9-5-4-8-11(12)13(18-19)17-14(20)10-6-2-1-3-7-10/h1-9H,(H2,16,21)(H,17,18,20). The maximum absolute atomic E-state index is 12.2. The molecule has 0 saturated carbocycles. The van der Waals surface area contributed by atoms with Crippen LogP contribution in [0.25, 0.3) is 10.9 Å². The highest BCUT2D eigenvalue weighted by atomic mass is 16.2. The number of anilines is 1. The number of carbonyl (C=O) groups is 2. The van der Waals surface area contributed by atoms with Gasteiger partial charge in [-0.05, 0) is 24.3 Å². The van der Waals surface area contributed by atoms with Gasteiger partial charge in [0.05, 0.1) is 5.52 Å². The van der Waals surface area contributed by atoms with E-state index >= 15 is 0 Å². The molecule has 0 atom stereocenters. The summed E-state index contributed by atoms with van der Waals surface area (Å²) < 4.78 is 1.07. The van der Waals surface area contributed by atoms with Crippen LogP contribution in [0, 0.1) is 0 Å². The Labute approximate surface area is 120 Å². The molecule has 0 radical (unpaired) electrons. The second kappa shape index (κ2) is 5.09. The average molecular weight is 280 g/mol. The number of amides is 2. The number of rotatable bonds is 2. The molecule has 1 heterocycles. The number of hydrogen-bond acceptors (Lipinski definition) is 3. The maximum atomic E-state index is 12.2. The van der Waals surface area contributed by atoms with Gasteiger partial charge < -0.3 is 11.1 Å². The molecule has 3 rings (SSSR count). The molecule has 104 valence electrons. The van der Waals surface area contributed by atoms with Crippen LogP contribution >= 0.6 is 0 Å². The van der Waals surface area contributed by atoms with Gasteiger partial charge in [0.1, 0.15) is 0 Å². The van der Waals surface area contributed by atoms with Crippen molar-refractivity contribution in [2.45, 2.75) is 0 Å². The van der Waals surface area contributed by atoms with Crippen molar-refractivity contribution in [3.63, 3.8) is 0 Å². The highest BCUT2D eigenvalue weighted by Crippen LogP contribution is 2.22. The van der Waals surface area contributed by atoms with E-state index in [1.165, 1.54) is 0 Å². The molecule has 2 amide bonds. The lowest BCUT2D eigenvalue weighted by molar-refractivity contribution is 0.102. The summed E-state index contributed by atoms with van der Waals surface area (Å²) >= 11 is 0. The molecule has 0 aliphatic rings. The van der Waals surface area contributed by atoms with E-state index in [0.29, 0.717) is 22.3 Å². The number of para-hydroxylation sites is 1. The molecule has 6 heteroatoms. The van der Waals surface area contributed by atoms with Crippen molar-refractivity contribution in [1.29, 1.82) is 0 Å². The number of benzene rings is 2. The second-order valence-corrected chi connectivity index (χ2v) is 4.44. The van der Waals surface area contributed by atoms with Crippen molar-refractivity contribution in [3.05, 3.63) is 60.2 Å². The lowest BCUT2D eigenvalue weighted by Gasteiger charge is -2.02. The van der Waals surface area contributed by atoms with Gasteiger partial charge in [-0.25, -0.2) is 4.79 Å². The fourth-order valence-corrected chi connectivity index (χ4v) is 2.10. The Bertz CT molecular complexity index is 824. The number of aromatic nitrogens is 2. The molecule has 0 aliphatic heterocycles. The van der Waals surface area contributed by atoms with Crippen molar-refractivity contribution >= 4 is 28.7 Å². The van der Waals surface area contributed by atoms with Gasteiger partial charge in [-0.15, -0.1) is 5.10 Å². The SMILES string of the molecule is NC(=O)n1nc(NC(=O)c2ccccc2)c2ccccc21. The molecule has 3 N–H and O–H groups in total. The molecule has 21 heavy (non-hydrogen) atoms. The minimum atomic E-state index is -0.702. The molecule has 0 aliphatic carbocycles. The van der Waals surface area contributed by atoms with Gasteiger partial charge in [-0.2, -0.15) is 4.68 Å². The van der Waals surface area contributed by atoms with E-state index in [4.69, 9.17) is 5.73 Å². The van der Waals surface area contributed by atoms with Crippen LogP contribution in [0.15, 0.2) is 54.6 Å². The van der Waals surface area contributed by atoms with E-state index in [1.54, 1.807) is 48.5 Å². The van der Waals surface area contributed by atoms with Crippen LogP contribution in [0.3, 0.4) is 0 Å². The molecule has 6 nitrogen and oxygen atoms in total. The molecule has 0 fully saturated rings. The summed E-state index contributed by atoms with van der Waals surface area (Å²) in [5.74, 6) is 0.00808. The lowest BCUT2D eigenvalue weighted by atomic mass is 10.2. The van der Waals surface area contributed by atoms with Crippen molar-refractivity contribution in [1.82, 2.24) is 9.78 Å². The van der Waals surface area contributed by atoms with Crippen LogP contribution in [0.5, 0.6) is 0 Å². The zero-order valence-corrected chi connectivity index (χ0v) is 11.0. The molecule has 0 unspecified atom stereocenters. The predicted molar refractivity (Wildman–Crippen MR) is 79.1 cm³/mol. The summed E-state index contributed by atoms with van der Waals surface area (Å²) in [6, 6.07) is 15.1. The highest BCUT2D eigenvalue weighted by Gasteiger charge is 2.15. The topological polar surface area (TPSA) is 90.0 Å². The summed E-state index contributed by atoms with van der Waals surface area (Å²) in [5.41, 5.74) is 6.34. The molecule has 1 aromatic heterocycles. The Kier molecular flexibility index (Phi) is 3.12. The largest absolute Gasteiger partial charge is 0.350 e. The molecule has 2 aromatic carbocycles. The van der Waals surface area contributed by atoms with Crippen molar-refractivity contribution in [3.8, 4) is 0 Å². The van der Waals surface area contributed by atoms with Crippen LogP contribution < -0.4 is 11.1 Å². The monoisotopic (exact) mass is 280 g/mol. The molecular weight excluding hydrogens is 268 g/mol. The van der Waals surface area contributed by atoms with E-state index in [-0.39, 0.29) is 5.91 Å². The van der Waals surface area contributed by atoms with Crippen LogP contribution in [-0.4, -0.2) is 21.7 Å². The van der Waals surface area contributed by atoms with E-state index in [1.807, 2.05) is 6.07 Å². The first kappa shape index (κ1) is 12.9. The summed E-state index contributed by atoms with van der Waals surface area (Å²) in [6.07, 6.45) is 0. The van der Waals surface area contributed by atoms with Crippen LogP contribution in [0.4, 0.5) is 10.6 Å². The fraction of sp³-hybridized carbons (Fsp3) is 0. The van der Waals surface area contributed by atoms with Gasteiger partial charge >= 0.3 is 6.03 Å². The molecule has 0 bridgehead atoms. The number of nitrogens with two attached hydrogens (primary N) is 1. The van der Waals surface area contributed by atoms with Gasteiger partial charge in [0.2, 0.25) is 0 Å². The van der Waals surface area contributed by atoms with Crippen LogP contribution in [0.1, 0.15) is 10.4 Å². The minimum Gasteiger partial charge on any atom is -0.350 e. The molecule has 0 spiro atoms. The van der Waals surface area contributed by atoms with Crippen LogP contribution in [0.2, 0.25) is 0 Å². The van der Waals surface area contributed by atoms with Crippen molar-refractivity contribution in [2.24, 2.45) is 5.73 Å². The summed E-state index contributed by atoms with van der Waals surface area (Å²) in [7, 11) is 0. The number of fused-ring (bicyclic) bond motifs is 1. The number of nitrogens with zero attached hydrogens (tertiary/aromatic N) is 2. The first-order chi connectivity index (χ1) is 10.2. The van der Waals surface area contributed by atoms with E-state index < -0.39 is 6.03 Å². The zero-order valence-electron chi connectivity index (χ0n) is 11.0. The molecule has 0 saturated heterocycles. The van der Waals surface area contributed by atoms with E-state index in [2.05, 4.69) is 10.4 Å². The number of primary amides is 1. The average Bonchev–Trinajstić information content (AvgIpc) is 2.87. The maximum Gasteiger partial charge on any atom is 0.340 e. The van der Waals surface area contributed by atoms with E-state index in [0.717, 1.165) is 4.68 Å². The van der Waals surface area contributed by atoms with Gasteiger partial charge in [-0.3, -0.25) is 4.79 Å². The van der Waals surface area contributed by atoms with Crippen molar-refractivity contribution in [2.75, 3.05) is 5.32 Å². The highest BCUT2D eigenvalue weighted by molar-refractivity contribution is 6.08. The number of nitrogens with one attached hydrogen (secondary N) is 1. The summed E-state index contributed by atoms with van der Waals surface area (Å²) in [6.45, 7) is 0. The van der Waals surface area contributed by atoms with Gasteiger partial charge in [-0.1, -0.05) is 30.3 Å². The van der Waals surface area contributed by atoms with Crippen molar-refractivity contribution < 1.29 is 9.59 Å². The van der Waals surface area contributed by atoms with Crippen LogP contribution in [-0.2, 0) is 0 Å². The number of hydrogen-bond donors (Lipinski definition) is 2. The smallest absolute Gasteiger partial charge is 0.340 e.